The summed E-state index contributed by atoms with van der Waals surface area (Å²) in [6.07, 6.45) is -4.80. The first-order chi connectivity index (χ1) is 9.30. The molecule has 0 fully saturated rings. The zero-order chi connectivity index (χ0) is 15.2. The maximum Gasteiger partial charge on any atom is 0.419 e. The van der Waals surface area contributed by atoms with Crippen LogP contribution >= 0.6 is 0 Å². The number of nitrogens with zero attached hydrogens (tertiary/aromatic N) is 1. The molecular formula is C12H11F5N2O. The molecule has 0 aromatic carbocycles. The first-order valence-corrected chi connectivity index (χ1v) is 5.64. The standard InChI is InChI=1S/C12H11F5N2O/c13-9(14)5-1-2-6-10(20)19-11-8(12(15,16)17)4-3-7-18-11/h3-5,7H,1-2,6H2,(H,18,19,20). The molecule has 0 aliphatic heterocycles. The van der Waals surface area contributed by atoms with Gasteiger partial charge in [-0.1, -0.05) is 0 Å². The number of amides is 1. The normalized spacial score (nSPS) is 11.1. The molecule has 20 heavy (non-hydrogen) atoms. The van der Waals surface area contributed by atoms with Crippen LogP contribution in [0.15, 0.2) is 30.5 Å². The fraction of sp³-hybridized carbons (Fsp3) is 0.333. The zero-order valence-corrected chi connectivity index (χ0v) is 10.2. The number of aromatic nitrogens is 1. The number of nitrogens with one attached hydrogen (secondary N) is 1. The van der Waals surface area contributed by atoms with Crippen LogP contribution in [0.2, 0.25) is 0 Å². The second-order valence-electron chi connectivity index (χ2n) is 3.83. The van der Waals surface area contributed by atoms with E-state index in [1.807, 2.05) is 5.32 Å². The molecule has 1 amide bonds. The fourth-order valence-corrected chi connectivity index (χ4v) is 1.40. The van der Waals surface area contributed by atoms with E-state index in [9.17, 15) is 26.7 Å². The number of unbranched alkanes of at least 4 members (excludes halogenated alkanes) is 1. The van der Waals surface area contributed by atoms with Crippen LogP contribution in [0.5, 0.6) is 0 Å². The van der Waals surface area contributed by atoms with Gasteiger partial charge in [-0.05, 0) is 31.1 Å². The number of carbonyl (C=O) groups excluding carboxylic acids is 1. The summed E-state index contributed by atoms with van der Waals surface area (Å²) in [5, 5.41) is 2.03. The number of pyridine rings is 1. The summed E-state index contributed by atoms with van der Waals surface area (Å²) in [5.74, 6) is -1.29. The van der Waals surface area contributed by atoms with Crippen molar-refractivity contribution in [1.29, 1.82) is 0 Å². The number of halogens is 5. The van der Waals surface area contributed by atoms with E-state index in [1.54, 1.807) is 0 Å². The van der Waals surface area contributed by atoms with Gasteiger partial charge in [-0.15, -0.1) is 0 Å². The highest BCUT2D eigenvalue weighted by Gasteiger charge is 2.34. The molecular weight excluding hydrogens is 283 g/mol. The average Bonchev–Trinajstić information content (AvgIpc) is 2.34. The molecule has 0 bridgehead atoms. The maximum atomic E-state index is 12.6. The Kier molecular flexibility index (Phi) is 5.60. The van der Waals surface area contributed by atoms with E-state index >= 15 is 0 Å². The number of anilines is 1. The van der Waals surface area contributed by atoms with E-state index in [4.69, 9.17) is 0 Å². The lowest BCUT2D eigenvalue weighted by Crippen LogP contribution is -2.17. The van der Waals surface area contributed by atoms with E-state index < -0.39 is 29.5 Å². The van der Waals surface area contributed by atoms with Gasteiger partial charge in [-0.3, -0.25) is 4.79 Å². The summed E-state index contributed by atoms with van der Waals surface area (Å²) in [6.45, 7) is 0. The van der Waals surface area contributed by atoms with Gasteiger partial charge in [0.1, 0.15) is 5.82 Å². The van der Waals surface area contributed by atoms with Gasteiger partial charge in [0.25, 0.3) is 6.08 Å². The van der Waals surface area contributed by atoms with Crippen LogP contribution in [-0.4, -0.2) is 10.9 Å². The molecule has 0 spiro atoms. The smallest absolute Gasteiger partial charge is 0.310 e. The molecule has 0 saturated heterocycles. The van der Waals surface area contributed by atoms with Gasteiger partial charge in [0.15, 0.2) is 0 Å². The maximum absolute atomic E-state index is 12.6. The van der Waals surface area contributed by atoms with E-state index in [2.05, 4.69) is 4.98 Å². The molecule has 3 nitrogen and oxygen atoms in total. The minimum absolute atomic E-state index is 0.0237. The summed E-state index contributed by atoms with van der Waals surface area (Å²) in [6, 6.07) is 1.90. The fourth-order valence-electron chi connectivity index (χ4n) is 1.40. The Morgan fingerprint density at radius 2 is 2.05 bits per heavy atom. The van der Waals surface area contributed by atoms with E-state index in [0.717, 1.165) is 18.3 Å². The Bertz CT molecular complexity index is 495. The number of alkyl halides is 3. The van der Waals surface area contributed by atoms with Gasteiger partial charge in [0.2, 0.25) is 5.91 Å². The van der Waals surface area contributed by atoms with Gasteiger partial charge >= 0.3 is 6.18 Å². The predicted molar refractivity (Wildman–Crippen MR) is 62.0 cm³/mol. The van der Waals surface area contributed by atoms with E-state index in [1.165, 1.54) is 0 Å². The average molecular weight is 294 g/mol. The van der Waals surface area contributed by atoms with Crippen molar-refractivity contribution in [3.8, 4) is 0 Å². The molecule has 0 saturated carbocycles. The van der Waals surface area contributed by atoms with Gasteiger partial charge in [-0.2, -0.15) is 22.0 Å². The largest absolute Gasteiger partial charge is 0.419 e. The first kappa shape index (κ1) is 16.1. The van der Waals surface area contributed by atoms with Crippen molar-refractivity contribution in [2.45, 2.75) is 25.4 Å². The van der Waals surface area contributed by atoms with Crippen LogP contribution < -0.4 is 5.32 Å². The number of hydrogen-bond donors (Lipinski definition) is 1. The molecule has 0 unspecified atom stereocenters. The number of allylic oxidation sites excluding steroid dienone is 1. The van der Waals surface area contributed by atoms with Crippen LogP contribution in [-0.2, 0) is 11.0 Å². The molecule has 0 aliphatic carbocycles. The molecule has 1 aromatic rings. The second-order valence-corrected chi connectivity index (χ2v) is 3.83. The third-order valence-electron chi connectivity index (χ3n) is 2.28. The third-order valence-corrected chi connectivity index (χ3v) is 2.28. The minimum Gasteiger partial charge on any atom is -0.310 e. The summed E-state index contributed by atoms with van der Waals surface area (Å²) < 4.78 is 61.3. The van der Waals surface area contributed by atoms with Crippen LogP contribution in [0, 0.1) is 0 Å². The van der Waals surface area contributed by atoms with Gasteiger partial charge in [0.05, 0.1) is 5.56 Å². The number of hydrogen-bond acceptors (Lipinski definition) is 2. The monoisotopic (exact) mass is 294 g/mol. The summed E-state index contributed by atoms with van der Waals surface area (Å²) in [4.78, 5) is 14.9. The molecule has 1 rings (SSSR count). The van der Waals surface area contributed by atoms with Crippen molar-refractivity contribution in [3.63, 3.8) is 0 Å². The van der Waals surface area contributed by atoms with E-state index in [0.29, 0.717) is 6.08 Å². The van der Waals surface area contributed by atoms with Crippen LogP contribution in [0.25, 0.3) is 0 Å². The molecule has 0 aliphatic rings. The van der Waals surface area contributed by atoms with Crippen molar-refractivity contribution in [1.82, 2.24) is 4.98 Å². The molecule has 1 aromatic heterocycles. The summed E-state index contributed by atoms with van der Waals surface area (Å²) >= 11 is 0. The number of rotatable bonds is 5. The van der Waals surface area contributed by atoms with Crippen molar-refractivity contribution in [2.75, 3.05) is 5.32 Å². The summed E-state index contributed by atoms with van der Waals surface area (Å²) in [5.41, 5.74) is -1.05. The van der Waals surface area contributed by atoms with Gasteiger partial charge in [-0.25, -0.2) is 4.98 Å². The highest BCUT2D eigenvalue weighted by atomic mass is 19.4. The van der Waals surface area contributed by atoms with Crippen molar-refractivity contribution < 1.29 is 26.7 Å². The predicted octanol–water partition coefficient (Wildman–Crippen LogP) is 3.99. The Labute approximate surface area is 111 Å². The van der Waals surface area contributed by atoms with Crippen LogP contribution in [0.1, 0.15) is 24.8 Å². The molecule has 8 heteroatoms. The molecule has 110 valence electrons. The van der Waals surface area contributed by atoms with Gasteiger partial charge in [0, 0.05) is 12.6 Å². The highest BCUT2D eigenvalue weighted by molar-refractivity contribution is 5.90. The lowest BCUT2D eigenvalue weighted by Gasteiger charge is -2.12. The molecule has 1 N–H and O–H groups in total. The SMILES string of the molecule is O=C(CCCC=C(F)F)Nc1ncccc1C(F)(F)F. The molecule has 0 atom stereocenters. The number of carbonyl (C=O) groups is 1. The Balaban J connectivity index is 2.61. The third kappa shape index (κ3) is 5.33. The van der Waals surface area contributed by atoms with Crippen molar-refractivity contribution in [2.24, 2.45) is 0 Å². The minimum atomic E-state index is -4.63. The lowest BCUT2D eigenvalue weighted by atomic mass is 10.2. The lowest BCUT2D eigenvalue weighted by molar-refractivity contribution is -0.137. The second kappa shape index (κ2) is 6.97. The quantitative estimate of drug-likeness (QED) is 0.659. The van der Waals surface area contributed by atoms with Gasteiger partial charge < -0.3 is 5.32 Å². The Morgan fingerprint density at radius 3 is 2.65 bits per heavy atom. The van der Waals surface area contributed by atoms with Crippen LogP contribution in [0.4, 0.5) is 27.8 Å². The zero-order valence-electron chi connectivity index (χ0n) is 10.2. The topological polar surface area (TPSA) is 42.0 Å². The Morgan fingerprint density at radius 1 is 1.35 bits per heavy atom. The Hall–Kier alpha value is -1.99. The van der Waals surface area contributed by atoms with Crippen molar-refractivity contribution >= 4 is 11.7 Å². The molecule has 0 radical (unpaired) electrons. The first-order valence-electron chi connectivity index (χ1n) is 5.64. The van der Waals surface area contributed by atoms with E-state index in [-0.39, 0.29) is 19.3 Å². The van der Waals surface area contributed by atoms with Crippen LogP contribution in [0.3, 0.4) is 0 Å². The summed E-state index contributed by atoms with van der Waals surface area (Å²) in [7, 11) is 0. The molecule has 1 heterocycles. The highest BCUT2D eigenvalue weighted by Crippen LogP contribution is 2.33. The van der Waals surface area contributed by atoms with Crippen molar-refractivity contribution in [3.05, 3.63) is 36.0 Å².